The van der Waals surface area contributed by atoms with Gasteiger partial charge in [0.25, 0.3) is 0 Å². The number of carbonyl (C=O) groups is 1. The average molecular weight is 418 g/mol. The maximum atomic E-state index is 11.4. The summed E-state index contributed by atoms with van der Waals surface area (Å²) in [6, 6.07) is 13.0. The van der Waals surface area contributed by atoms with Gasteiger partial charge in [0.05, 0.1) is 0 Å². The molecule has 0 atom stereocenters. The molecule has 5 nitrogen and oxygen atoms in total. The molecule has 0 fully saturated rings. The van der Waals surface area contributed by atoms with Crippen molar-refractivity contribution in [2.24, 2.45) is 0 Å². The van der Waals surface area contributed by atoms with E-state index in [1.165, 1.54) is 6.92 Å². The standard InChI is InChI=1S/C18H11ClN2O3Se/c1-10(22)23-18-8-17-12(6-14(18)15-9-25-21-20-15)7-16(24-17)11-3-2-4-13(19)5-11/h2-9H,1H3. The van der Waals surface area contributed by atoms with Crippen molar-refractivity contribution in [1.82, 2.24) is 9.19 Å². The SMILES string of the molecule is CC(=O)Oc1cc2oc(-c3cccc(Cl)c3)cc2cc1-c1c[se]nn1. The molecular formula is C18H11ClN2O3Se. The van der Waals surface area contributed by atoms with Gasteiger partial charge in [0.1, 0.15) is 0 Å². The number of hydrogen-bond donors (Lipinski definition) is 0. The molecule has 0 N–H and O–H groups in total. The second kappa shape index (κ2) is 6.48. The van der Waals surface area contributed by atoms with E-state index >= 15 is 0 Å². The van der Waals surface area contributed by atoms with Crippen LogP contribution in [0.2, 0.25) is 5.02 Å². The van der Waals surface area contributed by atoms with E-state index in [1.54, 1.807) is 6.07 Å². The molecule has 0 unspecified atom stereocenters. The van der Waals surface area contributed by atoms with Gasteiger partial charge < -0.3 is 0 Å². The van der Waals surface area contributed by atoms with Gasteiger partial charge in [0.15, 0.2) is 0 Å². The summed E-state index contributed by atoms with van der Waals surface area (Å²) in [4.78, 5) is 13.4. The van der Waals surface area contributed by atoms with Crippen LogP contribution in [-0.4, -0.2) is 29.9 Å². The Morgan fingerprint density at radius 3 is 2.84 bits per heavy atom. The number of benzene rings is 2. The van der Waals surface area contributed by atoms with Crippen molar-refractivity contribution < 1.29 is 13.9 Å². The average Bonchev–Trinajstić information content (AvgIpc) is 3.22. The Balaban J connectivity index is 1.88. The van der Waals surface area contributed by atoms with E-state index in [0.717, 1.165) is 16.5 Å². The van der Waals surface area contributed by atoms with Crippen molar-refractivity contribution in [1.29, 1.82) is 0 Å². The number of rotatable bonds is 3. The molecule has 2 aromatic heterocycles. The number of aromatic nitrogens is 2. The first kappa shape index (κ1) is 16.1. The molecule has 25 heavy (non-hydrogen) atoms. The minimum atomic E-state index is -0.400. The van der Waals surface area contributed by atoms with Crippen LogP contribution in [0.3, 0.4) is 0 Å². The van der Waals surface area contributed by atoms with Crippen LogP contribution >= 0.6 is 11.6 Å². The van der Waals surface area contributed by atoms with Crippen molar-refractivity contribution in [3.63, 3.8) is 0 Å². The summed E-state index contributed by atoms with van der Waals surface area (Å²) in [5.74, 6) is 0.702. The van der Waals surface area contributed by atoms with Gasteiger partial charge in [-0.2, -0.15) is 0 Å². The Labute approximate surface area is 154 Å². The van der Waals surface area contributed by atoms with E-state index in [0.29, 0.717) is 27.8 Å². The van der Waals surface area contributed by atoms with E-state index in [2.05, 4.69) is 9.19 Å². The molecular weight excluding hydrogens is 407 g/mol. The molecule has 4 rings (SSSR count). The predicted molar refractivity (Wildman–Crippen MR) is 95.9 cm³/mol. The third-order valence-corrected chi connectivity index (χ3v) is 4.91. The second-order valence-corrected chi connectivity index (χ2v) is 7.11. The van der Waals surface area contributed by atoms with Gasteiger partial charge in [-0.3, -0.25) is 0 Å². The van der Waals surface area contributed by atoms with Crippen molar-refractivity contribution in [3.05, 3.63) is 52.4 Å². The van der Waals surface area contributed by atoms with E-state index in [9.17, 15) is 4.79 Å². The Morgan fingerprint density at radius 2 is 2.12 bits per heavy atom. The topological polar surface area (TPSA) is 65.2 Å². The number of halogens is 1. The number of esters is 1. The van der Waals surface area contributed by atoms with Crippen molar-refractivity contribution in [2.75, 3.05) is 0 Å². The zero-order valence-corrected chi connectivity index (χ0v) is 15.5. The monoisotopic (exact) mass is 418 g/mol. The molecule has 0 saturated carbocycles. The van der Waals surface area contributed by atoms with Crippen molar-refractivity contribution >= 4 is 43.3 Å². The van der Waals surface area contributed by atoms with Gasteiger partial charge in [-0.05, 0) is 0 Å². The first-order valence-corrected chi connectivity index (χ1v) is 9.53. The fraction of sp³-hybridized carbons (Fsp3) is 0.0556. The van der Waals surface area contributed by atoms with Gasteiger partial charge in [-0.1, -0.05) is 0 Å². The number of ether oxygens (including phenoxy) is 1. The normalized spacial score (nSPS) is 11.0. The number of carbonyl (C=O) groups excluding carboxylic acids is 1. The summed E-state index contributed by atoms with van der Waals surface area (Å²) in [7, 11) is 0. The Kier molecular flexibility index (Phi) is 4.17. The summed E-state index contributed by atoms with van der Waals surface area (Å²) in [6.45, 7) is 1.36. The van der Waals surface area contributed by atoms with Crippen LogP contribution in [0, 0.1) is 0 Å². The third-order valence-electron chi connectivity index (χ3n) is 3.62. The van der Waals surface area contributed by atoms with Gasteiger partial charge in [0, 0.05) is 0 Å². The van der Waals surface area contributed by atoms with E-state index in [4.69, 9.17) is 20.8 Å². The maximum absolute atomic E-state index is 11.4. The molecule has 2 heterocycles. The molecule has 0 aliphatic heterocycles. The Morgan fingerprint density at radius 1 is 1.24 bits per heavy atom. The third kappa shape index (κ3) is 3.24. The summed E-state index contributed by atoms with van der Waals surface area (Å²) >= 11 is 6.05. The molecule has 0 radical (unpaired) electrons. The van der Waals surface area contributed by atoms with Crippen molar-refractivity contribution in [3.8, 4) is 28.3 Å². The van der Waals surface area contributed by atoms with Crippen LogP contribution in [0.4, 0.5) is 0 Å². The molecule has 0 amide bonds. The number of furan rings is 1. The summed E-state index contributed by atoms with van der Waals surface area (Å²) in [5.41, 5.74) is 2.94. The van der Waals surface area contributed by atoms with Crippen LogP contribution in [0.1, 0.15) is 6.92 Å². The van der Waals surface area contributed by atoms with E-state index < -0.39 is 5.97 Å². The van der Waals surface area contributed by atoms with Crippen molar-refractivity contribution in [2.45, 2.75) is 6.92 Å². The number of nitrogens with zero attached hydrogens (tertiary/aromatic N) is 2. The van der Waals surface area contributed by atoms with Crippen LogP contribution in [-0.2, 0) is 4.79 Å². The Hall–Kier alpha value is -2.40. The fourth-order valence-corrected chi connectivity index (χ4v) is 3.72. The fourth-order valence-electron chi connectivity index (χ4n) is 2.57. The Bertz CT molecular complexity index is 1070. The minimum absolute atomic E-state index is 0.0138. The van der Waals surface area contributed by atoms with E-state index in [-0.39, 0.29) is 14.7 Å². The first-order valence-electron chi connectivity index (χ1n) is 7.39. The summed E-state index contributed by atoms with van der Waals surface area (Å²) < 4.78 is 15.3. The molecule has 0 aliphatic rings. The quantitative estimate of drug-likeness (QED) is 0.284. The molecule has 2 aromatic carbocycles. The number of hydrogen-bond acceptors (Lipinski definition) is 5. The summed E-state index contributed by atoms with van der Waals surface area (Å²) in [5, 5.41) is 5.65. The molecule has 124 valence electrons. The molecule has 7 heteroatoms. The second-order valence-electron chi connectivity index (χ2n) is 5.39. The molecule has 4 aromatic rings. The van der Waals surface area contributed by atoms with Crippen LogP contribution < -0.4 is 4.74 Å². The van der Waals surface area contributed by atoms with Crippen LogP contribution in [0.15, 0.2) is 51.8 Å². The number of fused-ring (bicyclic) bond motifs is 1. The zero-order valence-electron chi connectivity index (χ0n) is 13.0. The molecule has 0 bridgehead atoms. The van der Waals surface area contributed by atoms with Gasteiger partial charge >= 0.3 is 154 Å². The molecule has 0 aliphatic carbocycles. The van der Waals surface area contributed by atoms with Crippen LogP contribution in [0.25, 0.3) is 33.6 Å². The molecule has 0 saturated heterocycles. The van der Waals surface area contributed by atoms with Crippen LogP contribution in [0.5, 0.6) is 5.75 Å². The summed E-state index contributed by atoms with van der Waals surface area (Å²) in [6.07, 6.45) is 0. The first-order chi connectivity index (χ1) is 12.1. The van der Waals surface area contributed by atoms with Gasteiger partial charge in [-0.15, -0.1) is 0 Å². The predicted octanol–water partition coefficient (Wildman–Crippen LogP) is 4.19. The zero-order chi connectivity index (χ0) is 17.4. The van der Waals surface area contributed by atoms with Gasteiger partial charge in [-0.25, -0.2) is 0 Å². The van der Waals surface area contributed by atoms with Gasteiger partial charge in [0.2, 0.25) is 0 Å². The molecule has 0 spiro atoms. The van der Waals surface area contributed by atoms with E-state index in [1.807, 2.05) is 41.3 Å².